The zero-order valence-electron chi connectivity index (χ0n) is 9.79. The SMILES string of the molecule is O=C(NCC1CCCOC1)c1cnc(F)c(Br)c1. The minimum Gasteiger partial charge on any atom is -0.381 e. The average Bonchev–Trinajstić information content (AvgIpc) is 2.40. The van der Waals surface area contributed by atoms with Crippen molar-refractivity contribution in [3.63, 3.8) is 0 Å². The molecule has 1 unspecified atom stereocenters. The fraction of sp³-hybridized carbons (Fsp3) is 0.500. The third-order valence-electron chi connectivity index (χ3n) is 2.86. The number of carbonyl (C=O) groups is 1. The molecule has 2 heterocycles. The van der Waals surface area contributed by atoms with Gasteiger partial charge in [-0.25, -0.2) is 4.98 Å². The molecule has 1 aromatic rings. The first-order chi connectivity index (χ1) is 8.66. The second-order valence-electron chi connectivity index (χ2n) is 4.29. The van der Waals surface area contributed by atoms with E-state index in [1.54, 1.807) is 0 Å². The minimum absolute atomic E-state index is 0.191. The monoisotopic (exact) mass is 316 g/mol. The van der Waals surface area contributed by atoms with Crippen LogP contribution >= 0.6 is 15.9 Å². The minimum atomic E-state index is -0.618. The van der Waals surface area contributed by atoms with E-state index in [2.05, 4.69) is 26.2 Å². The summed E-state index contributed by atoms with van der Waals surface area (Å²) in [7, 11) is 0. The summed E-state index contributed by atoms with van der Waals surface area (Å²) in [6.45, 7) is 2.07. The first-order valence-electron chi connectivity index (χ1n) is 5.84. The lowest BCUT2D eigenvalue weighted by atomic mass is 10.0. The van der Waals surface area contributed by atoms with Gasteiger partial charge in [0.1, 0.15) is 0 Å². The highest BCUT2D eigenvalue weighted by atomic mass is 79.9. The van der Waals surface area contributed by atoms with Gasteiger partial charge in [-0.1, -0.05) is 0 Å². The first kappa shape index (κ1) is 13.4. The average molecular weight is 317 g/mol. The molecule has 6 heteroatoms. The highest BCUT2D eigenvalue weighted by molar-refractivity contribution is 9.10. The molecule has 4 nitrogen and oxygen atoms in total. The van der Waals surface area contributed by atoms with Crippen molar-refractivity contribution in [2.24, 2.45) is 5.92 Å². The van der Waals surface area contributed by atoms with Gasteiger partial charge in [-0.3, -0.25) is 4.79 Å². The lowest BCUT2D eigenvalue weighted by molar-refractivity contribution is 0.0536. The highest BCUT2D eigenvalue weighted by Crippen LogP contribution is 2.15. The van der Waals surface area contributed by atoms with E-state index >= 15 is 0 Å². The number of ether oxygens (including phenoxy) is 1. The van der Waals surface area contributed by atoms with Crippen LogP contribution in [0.15, 0.2) is 16.7 Å². The molecule has 1 N–H and O–H groups in total. The van der Waals surface area contributed by atoms with Crippen molar-refractivity contribution < 1.29 is 13.9 Å². The van der Waals surface area contributed by atoms with Crippen LogP contribution in [-0.2, 0) is 4.74 Å². The van der Waals surface area contributed by atoms with Crippen LogP contribution in [0.3, 0.4) is 0 Å². The molecule has 1 aliphatic heterocycles. The zero-order chi connectivity index (χ0) is 13.0. The maximum absolute atomic E-state index is 12.9. The van der Waals surface area contributed by atoms with Crippen molar-refractivity contribution in [3.8, 4) is 0 Å². The third kappa shape index (κ3) is 3.49. The van der Waals surface area contributed by atoms with E-state index in [-0.39, 0.29) is 10.4 Å². The fourth-order valence-corrected chi connectivity index (χ4v) is 2.20. The van der Waals surface area contributed by atoms with Crippen LogP contribution in [0.1, 0.15) is 23.2 Å². The van der Waals surface area contributed by atoms with Crippen molar-refractivity contribution in [3.05, 3.63) is 28.2 Å². The molecule has 0 spiro atoms. The van der Waals surface area contributed by atoms with E-state index in [1.165, 1.54) is 12.3 Å². The zero-order valence-corrected chi connectivity index (χ0v) is 11.4. The van der Waals surface area contributed by atoms with Crippen LogP contribution in [0.2, 0.25) is 0 Å². The van der Waals surface area contributed by atoms with E-state index < -0.39 is 5.95 Å². The number of pyridine rings is 1. The van der Waals surface area contributed by atoms with Crippen molar-refractivity contribution in [2.75, 3.05) is 19.8 Å². The normalized spacial score (nSPS) is 19.6. The predicted octanol–water partition coefficient (Wildman–Crippen LogP) is 2.14. The standard InChI is InChI=1S/C12H14BrFN2O2/c13-10-4-9(6-15-11(10)14)12(17)16-5-8-2-1-3-18-7-8/h4,6,8H,1-3,5,7H2,(H,16,17). The lowest BCUT2D eigenvalue weighted by Crippen LogP contribution is -2.33. The number of nitrogens with zero attached hydrogens (tertiary/aromatic N) is 1. The van der Waals surface area contributed by atoms with E-state index in [0.717, 1.165) is 19.4 Å². The van der Waals surface area contributed by atoms with Gasteiger partial charge in [0.15, 0.2) is 0 Å². The van der Waals surface area contributed by atoms with E-state index in [1.807, 2.05) is 0 Å². The summed E-state index contributed by atoms with van der Waals surface area (Å²) in [4.78, 5) is 15.3. The molecule has 2 rings (SSSR count). The van der Waals surface area contributed by atoms with Gasteiger partial charge < -0.3 is 10.1 Å². The number of hydrogen-bond donors (Lipinski definition) is 1. The van der Waals surface area contributed by atoms with Crippen molar-refractivity contribution >= 4 is 21.8 Å². The maximum atomic E-state index is 12.9. The summed E-state index contributed by atoms with van der Waals surface area (Å²) in [5, 5.41) is 2.81. The number of carbonyl (C=O) groups excluding carboxylic acids is 1. The molecule has 0 radical (unpaired) electrons. The van der Waals surface area contributed by atoms with Crippen LogP contribution in [0.5, 0.6) is 0 Å². The molecule has 18 heavy (non-hydrogen) atoms. The van der Waals surface area contributed by atoms with Crippen LogP contribution in [0.25, 0.3) is 0 Å². The number of rotatable bonds is 3. The van der Waals surface area contributed by atoms with Gasteiger partial charge in [0.05, 0.1) is 16.6 Å². The molecular formula is C12H14BrFN2O2. The fourth-order valence-electron chi connectivity index (χ4n) is 1.85. The number of amides is 1. The Morgan fingerprint density at radius 2 is 2.50 bits per heavy atom. The number of hydrogen-bond acceptors (Lipinski definition) is 3. The Labute approximate surface area is 113 Å². The molecule has 1 aromatic heterocycles. The van der Waals surface area contributed by atoms with E-state index in [9.17, 15) is 9.18 Å². The highest BCUT2D eigenvalue weighted by Gasteiger charge is 2.16. The Kier molecular flexibility index (Phi) is 4.66. The first-order valence-corrected chi connectivity index (χ1v) is 6.63. The topological polar surface area (TPSA) is 51.2 Å². The number of nitrogens with one attached hydrogen (secondary N) is 1. The van der Waals surface area contributed by atoms with Crippen molar-refractivity contribution in [1.82, 2.24) is 10.3 Å². The Morgan fingerprint density at radius 1 is 1.67 bits per heavy atom. The van der Waals surface area contributed by atoms with E-state index in [0.29, 0.717) is 24.6 Å². The molecule has 98 valence electrons. The molecule has 1 aliphatic rings. The molecule has 1 saturated heterocycles. The Bertz CT molecular complexity index is 436. The third-order valence-corrected chi connectivity index (χ3v) is 3.42. The Balaban J connectivity index is 1.88. The maximum Gasteiger partial charge on any atom is 0.252 e. The van der Waals surface area contributed by atoms with Crippen LogP contribution in [-0.4, -0.2) is 30.6 Å². The van der Waals surface area contributed by atoms with Crippen LogP contribution in [0, 0.1) is 11.9 Å². The van der Waals surface area contributed by atoms with Crippen LogP contribution < -0.4 is 5.32 Å². The van der Waals surface area contributed by atoms with Crippen molar-refractivity contribution in [2.45, 2.75) is 12.8 Å². The van der Waals surface area contributed by atoms with Gasteiger partial charge >= 0.3 is 0 Å². The molecule has 0 aromatic carbocycles. The second kappa shape index (κ2) is 6.24. The van der Waals surface area contributed by atoms with Gasteiger partial charge in [0, 0.05) is 19.3 Å². The Morgan fingerprint density at radius 3 is 3.17 bits per heavy atom. The summed E-state index contributed by atoms with van der Waals surface area (Å²) in [5.74, 6) is -0.499. The quantitative estimate of drug-likeness (QED) is 0.869. The largest absolute Gasteiger partial charge is 0.381 e. The Hall–Kier alpha value is -1.01. The van der Waals surface area contributed by atoms with Gasteiger partial charge in [0.2, 0.25) is 5.95 Å². The summed E-state index contributed by atoms with van der Waals surface area (Å²) in [5.41, 5.74) is 0.347. The van der Waals surface area contributed by atoms with Crippen molar-refractivity contribution in [1.29, 1.82) is 0 Å². The smallest absolute Gasteiger partial charge is 0.252 e. The second-order valence-corrected chi connectivity index (χ2v) is 5.14. The molecule has 1 fully saturated rings. The molecular weight excluding hydrogens is 303 g/mol. The molecule has 0 bridgehead atoms. The summed E-state index contributed by atoms with van der Waals surface area (Å²) < 4.78 is 18.5. The number of aromatic nitrogens is 1. The summed E-state index contributed by atoms with van der Waals surface area (Å²) in [6, 6.07) is 1.43. The molecule has 1 amide bonds. The van der Waals surface area contributed by atoms with Gasteiger partial charge in [-0.15, -0.1) is 0 Å². The van der Waals surface area contributed by atoms with Gasteiger partial charge in [-0.2, -0.15) is 4.39 Å². The summed E-state index contributed by atoms with van der Waals surface area (Å²) in [6.07, 6.45) is 3.32. The van der Waals surface area contributed by atoms with Crippen LogP contribution in [0.4, 0.5) is 4.39 Å². The lowest BCUT2D eigenvalue weighted by Gasteiger charge is -2.22. The molecule has 1 atom stereocenters. The predicted molar refractivity (Wildman–Crippen MR) is 67.8 cm³/mol. The van der Waals surface area contributed by atoms with Gasteiger partial charge in [0.25, 0.3) is 5.91 Å². The summed E-state index contributed by atoms with van der Waals surface area (Å²) >= 11 is 3.00. The van der Waals surface area contributed by atoms with Gasteiger partial charge in [-0.05, 0) is 40.8 Å². The molecule has 0 saturated carbocycles. The van der Waals surface area contributed by atoms with E-state index in [4.69, 9.17) is 4.74 Å². The molecule has 0 aliphatic carbocycles. The number of halogens is 2.